The fourth-order valence-electron chi connectivity index (χ4n) is 1.74. The summed E-state index contributed by atoms with van der Waals surface area (Å²) >= 11 is 0. The third-order valence-electron chi connectivity index (χ3n) is 2.54. The first-order valence-electron chi connectivity index (χ1n) is 4.95. The normalized spacial score (nSPS) is 23.6. The molecule has 0 aliphatic carbocycles. The molecular weight excluding hydrogens is 194 g/mol. The Kier molecular flexibility index (Phi) is 2.99. The van der Waals surface area contributed by atoms with E-state index in [0.717, 1.165) is 24.4 Å². The van der Waals surface area contributed by atoms with Crippen LogP contribution < -0.4 is 5.32 Å². The third kappa shape index (κ3) is 2.04. The standard InChI is InChI=1S/C11H15NOS/c1-9-3-2-4-10(7-9)14(13)11-5-6-12-8-11/h2-4,7,11-12H,5-6,8H2,1H3. The van der Waals surface area contributed by atoms with E-state index >= 15 is 0 Å². The molecule has 76 valence electrons. The van der Waals surface area contributed by atoms with Crippen molar-refractivity contribution < 1.29 is 4.21 Å². The summed E-state index contributed by atoms with van der Waals surface area (Å²) in [5, 5.41) is 3.55. The van der Waals surface area contributed by atoms with Gasteiger partial charge in [0, 0.05) is 11.4 Å². The van der Waals surface area contributed by atoms with Crippen molar-refractivity contribution in [2.75, 3.05) is 13.1 Å². The molecule has 2 atom stereocenters. The maximum atomic E-state index is 12.1. The summed E-state index contributed by atoms with van der Waals surface area (Å²) < 4.78 is 12.1. The van der Waals surface area contributed by atoms with Crippen LogP contribution in [0, 0.1) is 6.92 Å². The Hall–Kier alpha value is -0.670. The molecule has 2 unspecified atom stereocenters. The zero-order valence-electron chi connectivity index (χ0n) is 8.32. The minimum absolute atomic E-state index is 0.303. The number of aryl methyl sites for hydroxylation is 1. The summed E-state index contributed by atoms with van der Waals surface area (Å²) in [6.45, 7) is 3.93. The van der Waals surface area contributed by atoms with E-state index in [4.69, 9.17) is 0 Å². The van der Waals surface area contributed by atoms with E-state index in [-0.39, 0.29) is 0 Å². The molecule has 1 aromatic carbocycles. The lowest BCUT2D eigenvalue weighted by molar-refractivity contribution is 0.672. The maximum Gasteiger partial charge on any atom is 0.0574 e. The van der Waals surface area contributed by atoms with Gasteiger partial charge in [-0.1, -0.05) is 12.1 Å². The Bertz CT molecular complexity index is 345. The molecule has 14 heavy (non-hydrogen) atoms. The van der Waals surface area contributed by atoms with Gasteiger partial charge in [-0.3, -0.25) is 4.21 Å². The summed E-state index contributed by atoms with van der Waals surface area (Å²) in [6, 6.07) is 7.99. The number of hydrogen-bond acceptors (Lipinski definition) is 2. The second-order valence-electron chi connectivity index (χ2n) is 3.73. The quantitative estimate of drug-likeness (QED) is 0.799. The third-order valence-corrected chi connectivity index (χ3v) is 4.27. The van der Waals surface area contributed by atoms with Crippen LogP contribution in [-0.2, 0) is 10.8 Å². The van der Waals surface area contributed by atoms with Crippen molar-refractivity contribution in [3.05, 3.63) is 29.8 Å². The molecule has 0 spiro atoms. The fraction of sp³-hybridized carbons (Fsp3) is 0.455. The molecule has 1 aliphatic heterocycles. The molecule has 1 heterocycles. The van der Waals surface area contributed by atoms with E-state index in [1.54, 1.807) is 0 Å². The fourth-order valence-corrected chi connectivity index (χ4v) is 3.24. The van der Waals surface area contributed by atoms with Crippen LogP contribution in [-0.4, -0.2) is 22.5 Å². The summed E-state index contributed by atoms with van der Waals surface area (Å²) in [4.78, 5) is 0.971. The van der Waals surface area contributed by atoms with Crippen LogP contribution in [0.5, 0.6) is 0 Å². The van der Waals surface area contributed by atoms with Gasteiger partial charge in [0.25, 0.3) is 0 Å². The molecule has 2 rings (SSSR count). The van der Waals surface area contributed by atoms with Crippen LogP contribution in [0.4, 0.5) is 0 Å². The minimum atomic E-state index is -0.832. The second kappa shape index (κ2) is 4.24. The van der Waals surface area contributed by atoms with Crippen molar-refractivity contribution in [2.24, 2.45) is 0 Å². The van der Waals surface area contributed by atoms with Crippen molar-refractivity contribution in [3.8, 4) is 0 Å². The van der Waals surface area contributed by atoms with Crippen LogP contribution in [0.2, 0.25) is 0 Å². The number of hydrogen-bond donors (Lipinski definition) is 1. The molecule has 1 saturated heterocycles. The first-order chi connectivity index (χ1) is 6.77. The zero-order chi connectivity index (χ0) is 9.97. The SMILES string of the molecule is Cc1cccc(S(=O)C2CCNC2)c1. The molecule has 0 bridgehead atoms. The highest BCUT2D eigenvalue weighted by atomic mass is 32.2. The van der Waals surface area contributed by atoms with Crippen LogP contribution in [0.3, 0.4) is 0 Å². The van der Waals surface area contributed by atoms with Crippen molar-refractivity contribution in [2.45, 2.75) is 23.5 Å². The average Bonchev–Trinajstić information content (AvgIpc) is 2.69. The van der Waals surface area contributed by atoms with E-state index < -0.39 is 10.8 Å². The van der Waals surface area contributed by atoms with Crippen LogP contribution in [0.25, 0.3) is 0 Å². The topological polar surface area (TPSA) is 29.1 Å². The zero-order valence-corrected chi connectivity index (χ0v) is 9.14. The van der Waals surface area contributed by atoms with Gasteiger partial charge in [-0.25, -0.2) is 0 Å². The Morgan fingerprint density at radius 3 is 3.00 bits per heavy atom. The first-order valence-corrected chi connectivity index (χ1v) is 6.16. The Morgan fingerprint density at radius 2 is 2.36 bits per heavy atom. The number of rotatable bonds is 2. The minimum Gasteiger partial charge on any atom is -0.315 e. The molecule has 0 saturated carbocycles. The molecule has 3 heteroatoms. The second-order valence-corrected chi connectivity index (χ2v) is 5.46. The molecular formula is C11H15NOS. The van der Waals surface area contributed by atoms with Gasteiger partial charge < -0.3 is 5.32 Å². The molecule has 2 nitrogen and oxygen atoms in total. The summed E-state index contributed by atoms with van der Waals surface area (Å²) in [6.07, 6.45) is 1.03. The van der Waals surface area contributed by atoms with Gasteiger partial charge in [0.1, 0.15) is 0 Å². The van der Waals surface area contributed by atoms with Crippen molar-refractivity contribution in [3.63, 3.8) is 0 Å². The van der Waals surface area contributed by atoms with Crippen LogP contribution >= 0.6 is 0 Å². The Labute approximate surface area is 87.2 Å². The predicted octanol–water partition coefficient (Wildman–Crippen LogP) is 1.46. The monoisotopic (exact) mass is 209 g/mol. The van der Waals surface area contributed by atoms with Gasteiger partial charge in [-0.2, -0.15) is 0 Å². The molecule has 1 N–H and O–H groups in total. The molecule has 1 fully saturated rings. The number of nitrogens with one attached hydrogen (secondary N) is 1. The maximum absolute atomic E-state index is 12.1. The smallest absolute Gasteiger partial charge is 0.0574 e. The summed E-state index contributed by atoms with van der Waals surface area (Å²) in [5.41, 5.74) is 1.18. The molecule has 1 aromatic rings. The van der Waals surface area contributed by atoms with E-state index in [0.29, 0.717) is 5.25 Å². The lowest BCUT2D eigenvalue weighted by Gasteiger charge is -2.08. The average molecular weight is 209 g/mol. The Balaban J connectivity index is 2.17. The molecule has 0 aromatic heterocycles. The van der Waals surface area contributed by atoms with Gasteiger partial charge >= 0.3 is 0 Å². The first kappa shape index (κ1) is 9.87. The number of benzene rings is 1. The predicted molar refractivity (Wildman–Crippen MR) is 58.9 cm³/mol. The highest BCUT2D eigenvalue weighted by Gasteiger charge is 2.21. The Morgan fingerprint density at radius 1 is 1.50 bits per heavy atom. The highest BCUT2D eigenvalue weighted by molar-refractivity contribution is 7.85. The lowest BCUT2D eigenvalue weighted by Crippen LogP contribution is -2.18. The van der Waals surface area contributed by atoms with Crippen LogP contribution in [0.15, 0.2) is 29.2 Å². The van der Waals surface area contributed by atoms with Gasteiger partial charge in [0.2, 0.25) is 0 Å². The van der Waals surface area contributed by atoms with Crippen molar-refractivity contribution in [1.29, 1.82) is 0 Å². The van der Waals surface area contributed by atoms with Gasteiger partial charge in [-0.15, -0.1) is 0 Å². The summed E-state index contributed by atoms with van der Waals surface area (Å²) in [7, 11) is -0.832. The molecule has 0 radical (unpaired) electrons. The molecule has 0 amide bonds. The largest absolute Gasteiger partial charge is 0.315 e. The molecule has 1 aliphatic rings. The van der Waals surface area contributed by atoms with Crippen molar-refractivity contribution >= 4 is 10.8 Å². The van der Waals surface area contributed by atoms with E-state index in [1.165, 1.54) is 5.56 Å². The van der Waals surface area contributed by atoms with E-state index in [9.17, 15) is 4.21 Å². The summed E-state index contributed by atoms with van der Waals surface area (Å²) in [5.74, 6) is 0. The van der Waals surface area contributed by atoms with Crippen LogP contribution in [0.1, 0.15) is 12.0 Å². The van der Waals surface area contributed by atoms with Gasteiger partial charge in [0.05, 0.1) is 16.0 Å². The van der Waals surface area contributed by atoms with Crippen molar-refractivity contribution in [1.82, 2.24) is 5.32 Å². The highest BCUT2D eigenvalue weighted by Crippen LogP contribution is 2.16. The lowest BCUT2D eigenvalue weighted by atomic mass is 10.2. The van der Waals surface area contributed by atoms with E-state index in [2.05, 4.69) is 5.32 Å². The van der Waals surface area contributed by atoms with Gasteiger partial charge in [-0.05, 0) is 37.6 Å². The van der Waals surface area contributed by atoms with E-state index in [1.807, 2.05) is 31.2 Å². The van der Waals surface area contributed by atoms with Gasteiger partial charge in [0.15, 0.2) is 0 Å².